The molecule has 0 amide bonds. The summed E-state index contributed by atoms with van der Waals surface area (Å²) in [5.74, 6) is 1.74. The Morgan fingerprint density at radius 2 is 2.26 bits per heavy atom. The number of hydrogen-bond donors (Lipinski definition) is 1. The molecule has 104 valence electrons. The van der Waals surface area contributed by atoms with E-state index in [1.807, 2.05) is 24.7 Å². The summed E-state index contributed by atoms with van der Waals surface area (Å²) in [6, 6.07) is 0. The van der Waals surface area contributed by atoms with Gasteiger partial charge in [0.1, 0.15) is 6.33 Å². The fourth-order valence-corrected chi connectivity index (χ4v) is 1.86. The first-order valence-electron chi connectivity index (χ1n) is 6.30. The number of rotatable bonds is 7. The van der Waals surface area contributed by atoms with Crippen LogP contribution in [-0.2, 0) is 24.9 Å². The Labute approximate surface area is 112 Å². The molecule has 7 heteroatoms. The van der Waals surface area contributed by atoms with Gasteiger partial charge in [-0.3, -0.25) is 0 Å². The highest BCUT2D eigenvalue weighted by Gasteiger charge is 2.07. The van der Waals surface area contributed by atoms with Crippen molar-refractivity contribution in [3.05, 3.63) is 24.0 Å². The summed E-state index contributed by atoms with van der Waals surface area (Å²) in [6.07, 6.45) is 4.69. The minimum Gasteiger partial charge on any atom is -0.385 e. The molecule has 0 unspecified atom stereocenters. The lowest BCUT2D eigenvalue weighted by Crippen LogP contribution is -2.11. The number of imidazole rings is 1. The molecular formula is C12H20N6O. The third-order valence-electron chi connectivity index (χ3n) is 2.85. The average molecular weight is 264 g/mol. The van der Waals surface area contributed by atoms with E-state index in [0.29, 0.717) is 6.54 Å². The topological polar surface area (TPSA) is 69.8 Å². The Kier molecular flexibility index (Phi) is 4.51. The van der Waals surface area contributed by atoms with E-state index in [2.05, 4.69) is 25.1 Å². The van der Waals surface area contributed by atoms with Gasteiger partial charge in [-0.2, -0.15) is 0 Å². The van der Waals surface area contributed by atoms with Gasteiger partial charge in [0, 0.05) is 33.5 Å². The number of aromatic nitrogens is 5. The van der Waals surface area contributed by atoms with E-state index in [9.17, 15) is 0 Å². The maximum absolute atomic E-state index is 5.07. The number of hydrogen-bond acceptors (Lipinski definition) is 5. The molecule has 2 heterocycles. The average Bonchev–Trinajstić information content (AvgIpc) is 2.94. The fraction of sp³-hybridized carbons (Fsp3) is 0.583. The molecule has 7 nitrogen and oxygen atoms in total. The zero-order valence-electron chi connectivity index (χ0n) is 11.6. The standard InChI is InChI=1S/C12H20N6O/c1-10-8-18(5-4-6-19-3)12(15-10)13-7-11-16-14-9-17(11)2/h8-9H,4-7H2,1-3H3,(H,13,15). The maximum Gasteiger partial charge on any atom is 0.203 e. The minimum atomic E-state index is 0.608. The summed E-state index contributed by atoms with van der Waals surface area (Å²) in [6.45, 7) is 4.23. The second-order valence-corrected chi connectivity index (χ2v) is 4.46. The van der Waals surface area contributed by atoms with Gasteiger partial charge >= 0.3 is 0 Å². The summed E-state index contributed by atoms with van der Waals surface area (Å²) in [5, 5.41) is 11.2. The lowest BCUT2D eigenvalue weighted by atomic mass is 10.4. The SMILES string of the molecule is COCCCn1cc(C)nc1NCc1nncn1C. The highest BCUT2D eigenvalue weighted by atomic mass is 16.5. The van der Waals surface area contributed by atoms with Crippen molar-refractivity contribution in [1.29, 1.82) is 0 Å². The molecule has 2 aromatic rings. The number of aryl methyl sites for hydroxylation is 3. The summed E-state index contributed by atoms with van der Waals surface area (Å²) in [4.78, 5) is 4.47. The van der Waals surface area contributed by atoms with Gasteiger partial charge in [-0.25, -0.2) is 4.98 Å². The molecule has 0 aliphatic carbocycles. The number of anilines is 1. The summed E-state index contributed by atoms with van der Waals surface area (Å²) in [7, 11) is 3.64. The number of ether oxygens (including phenoxy) is 1. The van der Waals surface area contributed by atoms with Crippen LogP contribution in [0.4, 0.5) is 5.95 Å². The quantitative estimate of drug-likeness (QED) is 0.755. The summed E-state index contributed by atoms with van der Waals surface area (Å²) >= 11 is 0. The van der Waals surface area contributed by atoms with E-state index < -0.39 is 0 Å². The van der Waals surface area contributed by atoms with Gasteiger partial charge in [0.15, 0.2) is 5.82 Å². The van der Waals surface area contributed by atoms with Gasteiger partial charge in [-0.1, -0.05) is 0 Å². The van der Waals surface area contributed by atoms with Crippen LogP contribution in [0.5, 0.6) is 0 Å². The van der Waals surface area contributed by atoms with E-state index in [1.54, 1.807) is 13.4 Å². The highest BCUT2D eigenvalue weighted by molar-refractivity contribution is 5.29. The molecular weight excluding hydrogens is 244 g/mol. The molecule has 0 saturated carbocycles. The Morgan fingerprint density at radius 3 is 2.95 bits per heavy atom. The van der Waals surface area contributed by atoms with Crippen LogP contribution in [0.25, 0.3) is 0 Å². The van der Waals surface area contributed by atoms with Gasteiger partial charge < -0.3 is 19.2 Å². The summed E-state index contributed by atoms with van der Waals surface area (Å²) < 4.78 is 9.06. The second-order valence-electron chi connectivity index (χ2n) is 4.46. The van der Waals surface area contributed by atoms with Gasteiger partial charge in [0.25, 0.3) is 0 Å². The van der Waals surface area contributed by atoms with Crippen molar-refractivity contribution in [3.8, 4) is 0 Å². The molecule has 2 aromatic heterocycles. The lowest BCUT2D eigenvalue weighted by molar-refractivity contribution is 0.190. The molecule has 0 bridgehead atoms. The van der Waals surface area contributed by atoms with E-state index in [-0.39, 0.29) is 0 Å². The Hall–Kier alpha value is -1.89. The van der Waals surface area contributed by atoms with Gasteiger partial charge in [-0.05, 0) is 13.3 Å². The molecule has 0 saturated heterocycles. The van der Waals surface area contributed by atoms with Crippen LogP contribution < -0.4 is 5.32 Å². The molecule has 19 heavy (non-hydrogen) atoms. The number of nitrogens with one attached hydrogen (secondary N) is 1. The number of methoxy groups -OCH3 is 1. The van der Waals surface area contributed by atoms with Gasteiger partial charge in [0.2, 0.25) is 5.95 Å². The first-order valence-corrected chi connectivity index (χ1v) is 6.30. The van der Waals surface area contributed by atoms with Crippen molar-refractivity contribution >= 4 is 5.95 Å². The van der Waals surface area contributed by atoms with Crippen molar-refractivity contribution < 1.29 is 4.74 Å². The maximum atomic E-state index is 5.07. The largest absolute Gasteiger partial charge is 0.385 e. The van der Waals surface area contributed by atoms with Crippen LogP contribution in [0.2, 0.25) is 0 Å². The molecule has 0 atom stereocenters. The van der Waals surface area contributed by atoms with Crippen molar-refractivity contribution in [2.24, 2.45) is 7.05 Å². The Balaban J connectivity index is 1.97. The van der Waals surface area contributed by atoms with Crippen LogP contribution in [0, 0.1) is 6.92 Å². The predicted molar refractivity (Wildman–Crippen MR) is 71.8 cm³/mol. The molecule has 0 spiro atoms. The third kappa shape index (κ3) is 3.54. The number of nitrogens with zero attached hydrogens (tertiary/aromatic N) is 5. The predicted octanol–water partition coefficient (Wildman–Crippen LogP) is 0.969. The van der Waals surface area contributed by atoms with Crippen LogP contribution in [-0.4, -0.2) is 38.0 Å². The lowest BCUT2D eigenvalue weighted by Gasteiger charge is -2.09. The van der Waals surface area contributed by atoms with Crippen molar-refractivity contribution in [1.82, 2.24) is 24.3 Å². The molecule has 0 aliphatic heterocycles. The molecule has 0 aromatic carbocycles. The Morgan fingerprint density at radius 1 is 1.42 bits per heavy atom. The van der Waals surface area contributed by atoms with Crippen LogP contribution in [0.1, 0.15) is 17.9 Å². The molecule has 0 fully saturated rings. The monoisotopic (exact) mass is 264 g/mol. The highest BCUT2D eigenvalue weighted by Crippen LogP contribution is 2.10. The normalized spacial score (nSPS) is 10.9. The first kappa shape index (κ1) is 13.5. The zero-order chi connectivity index (χ0) is 13.7. The molecule has 0 aliphatic rings. The second kappa shape index (κ2) is 6.33. The van der Waals surface area contributed by atoms with Crippen molar-refractivity contribution in [2.75, 3.05) is 19.0 Å². The van der Waals surface area contributed by atoms with Crippen molar-refractivity contribution in [2.45, 2.75) is 26.4 Å². The van der Waals surface area contributed by atoms with Gasteiger partial charge in [0.05, 0.1) is 12.2 Å². The summed E-state index contributed by atoms with van der Waals surface area (Å²) in [5.41, 5.74) is 0.998. The van der Waals surface area contributed by atoms with E-state index in [1.165, 1.54) is 0 Å². The van der Waals surface area contributed by atoms with E-state index in [0.717, 1.165) is 37.0 Å². The van der Waals surface area contributed by atoms with Crippen LogP contribution >= 0.6 is 0 Å². The minimum absolute atomic E-state index is 0.608. The van der Waals surface area contributed by atoms with Gasteiger partial charge in [-0.15, -0.1) is 10.2 Å². The fourth-order valence-electron chi connectivity index (χ4n) is 1.86. The molecule has 2 rings (SSSR count). The zero-order valence-corrected chi connectivity index (χ0v) is 11.6. The van der Waals surface area contributed by atoms with Crippen molar-refractivity contribution in [3.63, 3.8) is 0 Å². The smallest absolute Gasteiger partial charge is 0.203 e. The van der Waals surface area contributed by atoms with Crippen LogP contribution in [0.15, 0.2) is 12.5 Å². The first-order chi connectivity index (χ1) is 9.20. The molecule has 0 radical (unpaired) electrons. The Bertz CT molecular complexity index is 518. The van der Waals surface area contributed by atoms with E-state index >= 15 is 0 Å². The third-order valence-corrected chi connectivity index (χ3v) is 2.85. The van der Waals surface area contributed by atoms with E-state index in [4.69, 9.17) is 4.74 Å². The van der Waals surface area contributed by atoms with Crippen LogP contribution in [0.3, 0.4) is 0 Å². The molecule has 1 N–H and O–H groups in total.